The van der Waals surface area contributed by atoms with E-state index in [1.165, 1.54) is 6.08 Å². The summed E-state index contributed by atoms with van der Waals surface area (Å²) in [6, 6.07) is 0.292. The second-order valence-electron chi connectivity index (χ2n) is 2.93. The SMILES string of the molecule is [2H]c1c(C)c(B)c(C=C)c(F)c1C. The summed E-state index contributed by atoms with van der Waals surface area (Å²) in [5, 5.41) is 0. The first-order valence-corrected chi connectivity index (χ1v) is 3.89. The van der Waals surface area contributed by atoms with Crippen LogP contribution >= 0.6 is 0 Å². The number of hydrogen-bond donors (Lipinski definition) is 0. The Morgan fingerprint density at radius 1 is 1.58 bits per heavy atom. The molecule has 62 valence electrons. The molecule has 0 aromatic heterocycles. The van der Waals surface area contributed by atoms with Gasteiger partial charge in [-0.1, -0.05) is 29.7 Å². The molecular formula is C10H12BF. The number of hydrogen-bond acceptors (Lipinski definition) is 0. The fourth-order valence-corrected chi connectivity index (χ4v) is 1.24. The highest BCUT2D eigenvalue weighted by Crippen LogP contribution is 2.13. The first kappa shape index (κ1) is 7.60. The van der Waals surface area contributed by atoms with Crippen molar-refractivity contribution in [1.82, 2.24) is 0 Å². The predicted molar refractivity (Wildman–Crippen MR) is 54.1 cm³/mol. The highest BCUT2D eigenvalue weighted by molar-refractivity contribution is 6.35. The zero-order valence-electron chi connectivity index (χ0n) is 8.66. The van der Waals surface area contributed by atoms with Crippen LogP contribution in [0, 0.1) is 19.7 Å². The van der Waals surface area contributed by atoms with Gasteiger partial charge in [-0.3, -0.25) is 0 Å². The molecule has 1 aromatic carbocycles. The zero-order valence-corrected chi connectivity index (χ0v) is 7.66. The Morgan fingerprint density at radius 2 is 2.17 bits per heavy atom. The summed E-state index contributed by atoms with van der Waals surface area (Å²) in [6.45, 7) is 7.02. The molecule has 0 aliphatic rings. The molecule has 0 nitrogen and oxygen atoms in total. The maximum absolute atomic E-state index is 13.5. The Morgan fingerprint density at radius 3 is 2.67 bits per heavy atom. The molecule has 0 spiro atoms. The van der Waals surface area contributed by atoms with Gasteiger partial charge in [-0.15, -0.1) is 0 Å². The van der Waals surface area contributed by atoms with Crippen LogP contribution in [0.3, 0.4) is 0 Å². The molecule has 1 aromatic rings. The second kappa shape index (κ2) is 3.14. The summed E-state index contributed by atoms with van der Waals surface area (Å²) in [5.41, 5.74) is 2.56. The van der Waals surface area contributed by atoms with E-state index in [0.717, 1.165) is 11.0 Å². The Balaban J connectivity index is 3.66. The molecule has 0 fully saturated rings. The van der Waals surface area contributed by atoms with E-state index < -0.39 is 0 Å². The Hall–Kier alpha value is -1.05. The Labute approximate surface area is 74.9 Å². The second-order valence-corrected chi connectivity index (χ2v) is 2.93. The summed E-state index contributed by atoms with van der Waals surface area (Å²) >= 11 is 0. The summed E-state index contributed by atoms with van der Waals surface area (Å²) in [4.78, 5) is 0. The van der Waals surface area contributed by atoms with Gasteiger partial charge in [0.1, 0.15) is 13.7 Å². The summed E-state index contributed by atoms with van der Waals surface area (Å²) in [6.07, 6.45) is 1.50. The lowest BCUT2D eigenvalue weighted by Crippen LogP contribution is -2.14. The first-order chi connectivity index (χ1) is 6.00. The van der Waals surface area contributed by atoms with Crippen LogP contribution in [0.1, 0.15) is 18.1 Å². The lowest BCUT2D eigenvalue weighted by atomic mass is 9.84. The number of rotatable bonds is 1. The third kappa shape index (κ3) is 1.29. The molecular weight excluding hydrogens is 150 g/mol. The van der Waals surface area contributed by atoms with E-state index in [4.69, 9.17) is 1.37 Å². The topological polar surface area (TPSA) is 0 Å². The maximum Gasteiger partial charge on any atom is 0.140 e. The van der Waals surface area contributed by atoms with Crippen molar-refractivity contribution in [2.75, 3.05) is 0 Å². The van der Waals surface area contributed by atoms with E-state index in [-0.39, 0.29) is 5.82 Å². The molecule has 0 heterocycles. The molecule has 0 saturated carbocycles. The van der Waals surface area contributed by atoms with Crippen molar-refractivity contribution in [1.29, 1.82) is 0 Å². The highest BCUT2D eigenvalue weighted by atomic mass is 19.1. The smallest absolute Gasteiger partial charge is 0.140 e. The minimum Gasteiger partial charge on any atom is -0.206 e. The van der Waals surface area contributed by atoms with Crippen LogP contribution < -0.4 is 5.46 Å². The highest BCUT2D eigenvalue weighted by Gasteiger charge is 2.07. The van der Waals surface area contributed by atoms with Crippen molar-refractivity contribution in [3.63, 3.8) is 0 Å². The van der Waals surface area contributed by atoms with Crippen molar-refractivity contribution < 1.29 is 5.76 Å². The fourth-order valence-electron chi connectivity index (χ4n) is 1.24. The fraction of sp³-hybridized carbons (Fsp3) is 0.200. The predicted octanol–water partition coefficient (Wildman–Crippen LogP) is 1.34. The van der Waals surface area contributed by atoms with Crippen molar-refractivity contribution in [3.8, 4) is 0 Å². The lowest BCUT2D eigenvalue weighted by molar-refractivity contribution is 0.616. The number of benzene rings is 1. The van der Waals surface area contributed by atoms with Gasteiger partial charge in [0.15, 0.2) is 0 Å². The van der Waals surface area contributed by atoms with Crippen LogP contribution in [-0.2, 0) is 0 Å². The zero-order chi connectivity index (χ0) is 10.2. The average molecular weight is 163 g/mol. The van der Waals surface area contributed by atoms with Crippen LogP contribution in [0.4, 0.5) is 4.39 Å². The van der Waals surface area contributed by atoms with Crippen LogP contribution in [-0.4, -0.2) is 7.85 Å². The van der Waals surface area contributed by atoms with E-state index in [1.807, 2.05) is 14.8 Å². The monoisotopic (exact) mass is 163 g/mol. The molecule has 0 N–H and O–H groups in total. The van der Waals surface area contributed by atoms with Crippen LogP contribution in [0.2, 0.25) is 0 Å². The maximum atomic E-state index is 13.5. The largest absolute Gasteiger partial charge is 0.206 e. The molecule has 0 atom stereocenters. The number of halogens is 1. The minimum absolute atomic E-state index is 0.292. The van der Waals surface area contributed by atoms with E-state index in [0.29, 0.717) is 17.2 Å². The average Bonchev–Trinajstić information content (AvgIpc) is 2.13. The minimum atomic E-state index is -0.317. The van der Waals surface area contributed by atoms with Gasteiger partial charge < -0.3 is 0 Å². The molecule has 0 saturated heterocycles. The summed E-state index contributed by atoms with van der Waals surface area (Å²) in [5.74, 6) is -0.317. The first-order valence-electron chi connectivity index (χ1n) is 4.39. The normalized spacial score (nSPS) is 11.1. The van der Waals surface area contributed by atoms with Gasteiger partial charge >= 0.3 is 0 Å². The molecule has 12 heavy (non-hydrogen) atoms. The van der Waals surface area contributed by atoms with Crippen molar-refractivity contribution in [2.24, 2.45) is 0 Å². The molecule has 1 rings (SSSR count). The summed E-state index contributed by atoms with van der Waals surface area (Å²) < 4.78 is 21.1. The van der Waals surface area contributed by atoms with Gasteiger partial charge in [0.25, 0.3) is 0 Å². The van der Waals surface area contributed by atoms with Crippen molar-refractivity contribution in [2.45, 2.75) is 13.8 Å². The van der Waals surface area contributed by atoms with Crippen LogP contribution in [0.15, 0.2) is 12.6 Å². The molecule has 0 aliphatic carbocycles. The van der Waals surface area contributed by atoms with Gasteiger partial charge in [-0.05, 0) is 19.4 Å². The lowest BCUT2D eigenvalue weighted by Gasteiger charge is -2.08. The van der Waals surface area contributed by atoms with Crippen molar-refractivity contribution >= 4 is 19.4 Å². The van der Waals surface area contributed by atoms with Crippen LogP contribution in [0.25, 0.3) is 6.08 Å². The van der Waals surface area contributed by atoms with Gasteiger partial charge in [-0.25, -0.2) is 4.39 Å². The van der Waals surface area contributed by atoms with Crippen molar-refractivity contribution in [3.05, 3.63) is 35.1 Å². The Bertz CT molecular complexity index is 343. The van der Waals surface area contributed by atoms with E-state index >= 15 is 0 Å². The molecule has 2 heteroatoms. The quantitative estimate of drug-likeness (QED) is 0.548. The van der Waals surface area contributed by atoms with Crippen LogP contribution in [0.5, 0.6) is 0 Å². The Kier molecular flexibility index (Phi) is 1.99. The van der Waals surface area contributed by atoms with Gasteiger partial charge in [0.2, 0.25) is 0 Å². The standard InChI is InChI=1S/C10H12BF/c1-4-8-9(11)6(2)5-7(3)10(8)12/h4-5H,1,11H2,2-3H3/i5D. The summed E-state index contributed by atoms with van der Waals surface area (Å²) in [7, 11) is 1.81. The van der Waals surface area contributed by atoms with E-state index in [9.17, 15) is 4.39 Å². The molecule has 0 aliphatic heterocycles. The molecule has 0 radical (unpaired) electrons. The van der Waals surface area contributed by atoms with Gasteiger partial charge in [0, 0.05) is 5.56 Å². The van der Waals surface area contributed by atoms with E-state index in [2.05, 4.69) is 6.58 Å². The molecule has 0 unspecified atom stereocenters. The van der Waals surface area contributed by atoms with Gasteiger partial charge in [-0.2, -0.15) is 0 Å². The van der Waals surface area contributed by atoms with E-state index in [1.54, 1.807) is 6.92 Å². The third-order valence-electron chi connectivity index (χ3n) is 2.11. The third-order valence-corrected chi connectivity index (χ3v) is 2.11. The van der Waals surface area contributed by atoms with Gasteiger partial charge in [0.05, 0.1) is 1.37 Å². The molecule has 0 amide bonds. The molecule has 0 bridgehead atoms.